The molecular formula is C6H13FO2. The summed E-state index contributed by atoms with van der Waals surface area (Å²) in [6, 6.07) is 0. The quantitative estimate of drug-likeness (QED) is 0.590. The van der Waals surface area contributed by atoms with Crippen molar-refractivity contribution in [2.75, 3.05) is 6.67 Å². The number of hydrogen-bond acceptors (Lipinski definition) is 2. The van der Waals surface area contributed by atoms with Gasteiger partial charge in [0.2, 0.25) is 0 Å². The molecule has 0 radical (unpaired) electrons. The van der Waals surface area contributed by atoms with Gasteiger partial charge in [0.1, 0.15) is 6.67 Å². The maximum Gasteiger partial charge on any atom is 0.115 e. The summed E-state index contributed by atoms with van der Waals surface area (Å²) in [5.74, 6) is 0. The second-order valence-electron chi connectivity index (χ2n) is 2.23. The van der Waals surface area contributed by atoms with Crippen molar-refractivity contribution in [3.8, 4) is 0 Å². The third-order valence-electron chi connectivity index (χ3n) is 1.10. The Morgan fingerprint density at radius 3 is 2.22 bits per heavy atom. The van der Waals surface area contributed by atoms with Gasteiger partial charge in [0.05, 0.1) is 12.2 Å². The van der Waals surface area contributed by atoms with Gasteiger partial charge in [-0.2, -0.15) is 0 Å². The first-order valence-corrected chi connectivity index (χ1v) is 3.09. The molecule has 0 aliphatic carbocycles. The van der Waals surface area contributed by atoms with Crippen molar-refractivity contribution >= 4 is 0 Å². The lowest BCUT2D eigenvalue weighted by Gasteiger charge is -2.06. The average molecular weight is 136 g/mol. The Hall–Kier alpha value is -0.150. The van der Waals surface area contributed by atoms with Crippen LogP contribution < -0.4 is 0 Å². The zero-order valence-corrected chi connectivity index (χ0v) is 5.55. The number of hydrogen-bond donors (Lipinski definition) is 2. The van der Waals surface area contributed by atoms with Crippen LogP contribution in [0, 0.1) is 0 Å². The lowest BCUT2D eigenvalue weighted by molar-refractivity contribution is 0.103. The Morgan fingerprint density at radius 1 is 1.33 bits per heavy atom. The number of rotatable bonds is 4. The van der Waals surface area contributed by atoms with E-state index in [1.54, 1.807) is 6.92 Å². The summed E-state index contributed by atoms with van der Waals surface area (Å²) in [5, 5.41) is 17.3. The monoisotopic (exact) mass is 136 g/mol. The van der Waals surface area contributed by atoms with Crippen molar-refractivity contribution in [1.82, 2.24) is 0 Å². The first-order valence-electron chi connectivity index (χ1n) is 3.09. The van der Waals surface area contributed by atoms with Gasteiger partial charge in [0, 0.05) is 0 Å². The van der Waals surface area contributed by atoms with E-state index in [0.717, 1.165) is 0 Å². The molecule has 0 aromatic rings. The maximum atomic E-state index is 11.5. The molecule has 3 heteroatoms. The van der Waals surface area contributed by atoms with E-state index in [1.165, 1.54) is 0 Å². The van der Waals surface area contributed by atoms with Crippen LogP contribution in [0.3, 0.4) is 0 Å². The molecule has 2 N–H and O–H groups in total. The molecule has 0 aromatic carbocycles. The highest BCUT2D eigenvalue weighted by Gasteiger charge is 2.03. The molecule has 0 saturated heterocycles. The molecule has 2 atom stereocenters. The summed E-state index contributed by atoms with van der Waals surface area (Å²) in [5.41, 5.74) is 0. The molecule has 2 unspecified atom stereocenters. The van der Waals surface area contributed by atoms with E-state index in [-0.39, 0.29) is 0 Å². The predicted molar refractivity (Wildman–Crippen MR) is 32.9 cm³/mol. The van der Waals surface area contributed by atoms with Crippen LogP contribution in [0.25, 0.3) is 0 Å². The molecular weight excluding hydrogens is 123 g/mol. The van der Waals surface area contributed by atoms with Gasteiger partial charge in [-0.3, -0.25) is 0 Å². The lowest BCUT2D eigenvalue weighted by Crippen LogP contribution is -2.12. The van der Waals surface area contributed by atoms with Crippen molar-refractivity contribution in [2.24, 2.45) is 0 Å². The van der Waals surface area contributed by atoms with E-state index in [0.29, 0.717) is 12.8 Å². The zero-order valence-electron chi connectivity index (χ0n) is 5.55. The summed E-state index contributed by atoms with van der Waals surface area (Å²) < 4.78 is 11.5. The maximum absolute atomic E-state index is 11.5. The Morgan fingerprint density at radius 2 is 1.89 bits per heavy atom. The molecule has 56 valence electrons. The fourth-order valence-electron chi connectivity index (χ4n) is 0.511. The minimum absolute atomic E-state index is 0.341. The van der Waals surface area contributed by atoms with Crippen LogP contribution in [-0.2, 0) is 0 Å². The predicted octanol–water partition coefficient (Wildman–Crippen LogP) is 0.478. The zero-order chi connectivity index (χ0) is 7.28. The summed E-state index contributed by atoms with van der Waals surface area (Å²) in [7, 11) is 0. The fourth-order valence-corrected chi connectivity index (χ4v) is 0.511. The highest BCUT2D eigenvalue weighted by atomic mass is 19.1. The summed E-state index contributed by atoms with van der Waals surface area (Å²) in [4.78, 5) is 0. The highest BCUT2D eigenvalue weighted by molar-refractivity contribution is 4.55. The van der Waals surface area contributed by atoms with Gasteiger partial charge in [-0.15, -0.1) is 0 Å². The van der Waals surface area contributed by atoms with Crippen molar-refractivity contribution < 1.29 is 14.6 Å². The van der Waals surface area contributed by atoms with Crippen LogP contribution in [0.4, 0.5) is 4.39 Å². The van der Waals surface area contributed by atoms with Gasteiger partial charge in [0.15, 0.2) is 0 Å². The minimum atomic E-state index is -0.889. The normalized spacial score (nSPS) is 17.3. The van der Waals surface area contributed by atoms with E-state index in [1.807, 2.05) is 0 Å². The van der Waals surface area contributed by atoms with E-state index < -0.39 is 18.9 Å². The summed E-state index contributed by atoms with van der Waals surface area (Å²) in [6.07, 6.45) is -0.523. The topological polar surface area (TPSA) is 40.5 Å². The fraction of sp³-hybridized carbons (Fsp3) is 1.00. The molecule has 9 heavy (non-hydrogen) atoms. The second-order valence-corrected chi connectivity index (χ2v) is 2.23. The first kappa shape index (κ1) is 8.85. The van der Waals surface area contributed by atoms with Crippen LogP contribution in [0.5, 0.6) is 0 Å². The summed E-state index contributed by atoms with van der Waals surface area (Å²) >= 11 is 0. The Labute approximate surface area is 54.3 Å². The van der Waals surface area contributed by atoms with Crippen molar-refractivity contribution in [3.63, 3.8) is 0 Å². The smallest absolute Gasteiger partial charge is 0.115 e. The molecule has 0 heterocycles. The largest absolute Gasteiger partial charge is 0.393 e. The second kappa shape index (κ2) is 4.70. The Bertz CT molecular complexity index is 66.1. The van der Waals surface area contributed by atoms with Crippen molar-refractivity contribution in [3.05, 3.63) is 0 Å². The van der Waals surface area contributed by atoms with Crippen molar-refractivity contribution in [2.45, 2.75) is 32.0 Å². The molecule has 0 aromatic heterocycles. The number of alkyl halides is 1. The first-order chi connectivity index (χ1) is 4.16. The van der Waals surface area contributed by atoms with E-state index >= 15 is 0 Å². The van der Waals surface area contributed by atoms with Gasteiger partial charge in [-0.05, 0) is 19.8 Å². The van der Waals surface area contributed by atoms with E-state index in [9.17, 15) is 4.39 Å². The Balaban J connectivity index is 3.06. The molecule has 0 aliphatic heterocycles. The molecule has 0 spiro atoms. The van der Waals surface area contributed by atoms with Crippen LogP contribution in [-0.4, -0.2) is 29.1 Å². The minimum Gasteiger partial charge on any atom is -0.393 e. The third-order valence-corrected chi connectivity index (χ3v) is 1.10. The van der Waals surface area contributed by atoms with Gasteiger partial charge >= 0.3 is 0 Å². The van der Waals surface area contributed by atoms with Gasteiger partial charge in [0.25, 0.3) is 0 Å². The molecule has 0 aliphatic rings. The van der Waals surface area contributed by atoms with Crippen LogP contribution >= 0.6 is 0 Å². The molecule has 0 fully saturated rings. The van der Waals surface area contributed by atoms with Crippen LogP contribution in [0.1, 0.15) is 19.8 Å². The van der Waals surface area contributed by atoms with Gasteiger partial charge < -0.3 is 10.2 Å². The molecule has 0 saturated carbocycles. The molecule has 0 amide bonds. The van der Waals surface area contributed by atoms with Crippen LogP contribution in [0.2, 0.25) is 0 Å². The standard InChI is InChI=1S/C6H13FO2/c1-5(8)2-3-6(9)4-7/h5-6,8-9H,2-4H2,1H3. The number of aliphatic hydroxyl groups excluding tert-OH is 2. The molecule has 0 rings (SSSR count). The lowest BCUT2D eigenvalue weighted by atomic mass is 10.1. The Kier molecular flexibility index (Phi) is 4.62. The number of aliphatic hydroxyl groups is 2. The molecule has 2 nitrogen and oxygen atoms in total. The van der Waals surface area contributed by atoms with Crippen LogP contribution in [0.15, 0.2) is 0 Å². The highest BCUT2D eigenvalue weighted by Crippen LogP contribution is 2.00. The molecule has 0 bridgehead atoms. The van der Waals surface area contributed by atoms with Crippen molar-refractivity contribution in [1.29, 1.82) is 0 Å². The average Bonchev–Trinajstić information content (AvgIpc) is 1.83. The van der Waals surface area contributed by atoms with Gasteiger partial charge in [-0.1, -0.05) is 0 Å². The van der Waals surface area contributed by atoms with E-state index in [2.05, 4.69) is 0 Å². The summed E-state index contributed by atoms with van der Waals surface area (Å²) in [6.45, 7) is 0.900. The third kappa shape index (κ3) is 5.73. The van der Waals surface area contributed by atoms with Gasteiger partial charge in [-0.25, -0.2) is 4.39 Å². The van der Waals surface area contributed by atoms with E-state index in [4.69, 9.17) is 10.2 Å². The SMILES string of the molecule is CC(O)CCC(O)CF. The number of halogens is 1.